The van der Waals surface area contributed by atoms with Gasteiger partial charge in [0.1, 0.15) is 0 Å². The van der Waals surface area contributed by atoms with E-state index >= 15 is 0 Å². The smallest absolute Gasteiger partial charge is 0.237 e. The maximum Gasteiger partial charge on any atom is 0.237 e. The topological polar surface area (TPSA) is 52.6 Å². The molecular weight excluding hydrogens is 320 g/mol. The lowest BCUT2D eigenvalue weighted by Gasteiger charge is -2.38. The second-order valence-electron chi connectivity index (χ2n) is 5.55. The largest absolute Gasteiger partial charge is 0.387 e. The minimum Gasteiger partial charge on any atom is -0.387 e. The molecule has 1 fully saturated rings. The zero-order valence-electron chi connectivity index (χ0n) is 11.8. The molecule has 2 N–H and O–H groups in total. The van der Waals surface area contributed by atoms with Crippen molar-refractivity contribution in [3.8, 4) is 0 Å². The monoisotopic (exact) mass is 340 g/mol. The molecule has 0 bridgehead atoms. The van der Waals surface area contributed by atoms with Gasteiger partial charge in [-0.3, -0.25) is 9.69 Å². The van der Waals surface area contributed by atoms with Gasteiger partial charge in [0.2, 0.25) is 5.91 Å². The highest BCUT2D eigenvalue weighted by molar-refractivity contribution is 9.10. The Labute approximate surface area is 128 Å². The number of carbonyl (C=O) groups is 1. The van der Waals surface area contributed by atoms with Crippen molar-refractivity contribution in [1.82, 2.24) is 10.2 Å². The van der Waals surface area contributed by atoms with Crippen molar-refractivity contribution >= 4 is 21.8 Å². The summed E-state index contributed by atoms with van der Waals surface area (Å²) in [6.07, 6.45) is -0.584. The molecule has 1 aromatic rings. The molecule has 0 radical (unpaired) electrons. The van der Waals surface area contributed by atoms with Crippen molar-refractivity contribution in [2.45, 2.75) is 26.0 Å². The highest BCUT2D eigenvalue weighted by atomic mass is 79.9. The van der Waals surface area contributed by atoms with Gasteiger partial charge in [-0.25, -0.2) is 0 Å². The minimum atomic E-state index is -0.584. The van der Waals surface area contributed by atoms with E-state index in [0.717, 1.165) is 16.6 Å². The predicted molar refractivity (Wildman–Crippen MR) is 82.3 cm³/mol. The summed E-state index contributed by atoms with van der Waals surface area (Å²) < 4.78 is 0.950. The third-order valence-electron chi connectivity index (χ3n) is 3.63. The third-order valence-corrected chi connectivity index (χ3v) is 4.13. The number of benzene rings is 1. The lowest BCUT2D eigenvalue weighted by atomic mass is 9.98. The van der Waals surface area contributed by atoms with Crippen molar-refractivity contribution < 1.29 is 9.90 Å². The van der Waals surface area contributed by atoms with Gasteiger partial charge in [0.05, 0.1) is 12.1 Å². The molecule has 1 saturated heterocycles. The molecule has 2 atom stereocenters. The van der Waals surface area contributed by atoms with Crippen LogP contribution in [0, 0.1) is 5.92 Å². The summed E-state index contributed by atoms with van der Waals surface area (Å²) in [6.45, 7) is 5.97. The first-order valence-corrected chi connectivity index (χ1v) is 7.73. The van der Waals surface area contributed by atoms with E-state index in [1.165, 1.54) is 0 Å². The van der Waals surface area contributed by atoms with Crippen molar-refractivity contribution in [1.29, 1.82) is 0 Å². The Morgan fingerprint density at radius 2 is 2.25 bits per heavy atom. The maximum atomic E-state index is 12.0. The molecule has 1 heterocycles. The van der Waals surface area contributed by atoms with Crippen molar-refractivity contribution in [2.75, 3.05) is 19.6 Å². The molecule has 2 rings (SSSR count). The summed E-state index contributed by atoms with van der Waals surface area (Å²) in [5.41, 5.74) is 0.868. The number of aliphatic hydroxyl groups excluding tert-OH is 1. The number of rotatable bonds is 4. The molecule has 1 aliphatic heterocycles. The van der Waals surface area contributed by atoms with Gasteiger partial charge >= 0.3 is 0 Å². The summed E-state index contributed by atoms with van der Waals surface area (Å²) in [5.74, 6) is 0.290. The van der Waals surface area contributed by atoms with Crippen LogP contribution in [0.2, 0.25) is 0 Å². The lowest BCUT2D eigenvalue weighted by molar-refractivity contribution is -0.131. The van der Waals surface area contributed by atoms with Crippen LogP contribution in [0.3, 0.4) is 0 Å². The Morgan fingerprint density at radius 3 is 2.90 bits per heavy atom. The number of halogens is 1. The first-order valence-electron chi connectivity index (χ1n) is 6.94. The van der Waals surface area contributed by atoms with Crippen molar-refractivity contribution in [3.63, 3.8) is 0 Å². The van der Waals surface area contributed by atoms with Gasteiger partial charge in [-0.1, -0.05) is 41.9 Å². The SMILES string of the molecule is CC(C)C1C(=O)NCCN1CC(O)c1cccc(Br)c1. The van der Waals surface area contributed by atoms with Crippen molar-refractivity contribution in [3.05, 3.63) is 34.3 Å². The molecule has 20 heavy (non-hydrogen) atoms. The first-order chi connectivity index (χ1) is 9.49. The Balaban J connectivity index is 2.09. The molecule has 0 aliphatic carbocycles. The van der Waals surface area contributed by atoms with Gasteiger partial charge in [-0.05, 0) is 23.6 Å². The summed E-state index contributed by atoms with van der Waals surface area (Å²) in [7, 11) is 0. The van der Waals surface area contributed by atoms with E-state index in [4.69, 9.17) is 0 Å². The van der Waals surface area contributed by atoms with Crippen LogP contribution in [0.4, 0.5) is 0 Å². The Hall–Kier alpha value is -0.910. The normalized spacial score (nSPS) is 21.9. The van der Waals surface area contributed by atoms with Crippen LogP contribution in [0.1, 0.15) is 25.5 Å². The molecule has 0 aromatic heterocycles. The van der Waals surface area contributed by atoms with Crippen LogP contribution in [0.15, 0.2) is 28.7 Å². The summed E-state index contributed by atoms with van der Waals surface area (Å²) >= 11 is 3.41. The number of amides is 1. The van der Waals surface area contributed by atoms with Gasteiger partial charge < -0.3 is 10.4 Å². The van der Waals surface area contributed by atoms with E-state index in [9.17, 15) is 9.90 Å². The Kier molecular flexibility index (Phi) is 5.18. The number of nitrogens with zero attached hydrogens (tertiary/aromatic N) is 1. The molecule has 1 amide bonds. The fraction of sp³-hybridized carbons (Fsp3) is 0.533. The Morgan fingerprint density at radius 1 is 1.50 bits per heavy atom. The quantitative estimate of drug-likeness (QED) is 0.880. The number of β-amino-alcohol motifs (C(OH)–C–C–N with tert-alkyl or cyclic N) is 1. The zero-order chi connectivity index (χ0) is 14.7. The van der Waals surface area contributed by atoms with E-state index in [1.807, 2.05) is 38.1 Å². The molecule has 5 heteroatoms. The molecule has 1 aromatic carbocycles. The summed E-state index contributed by atoms with van der Waals surface area (Å²) in [5, 5.41) is 13.3. The first kappa shape index (κ1) is 15.5. The zero-order valence-corrected chi connectivity index (χ0v) is 13.4. The highest BCUT2D eigenvalue weighted by Crippen LogP contribution is 2.22. The van der Waals surface area contributed by atoms with E-state index in [0.29, 0.717) is 13.1 Å². The second kappa shape index (κ2) is 6.70. The third kappa shape index (κ3) is 3.59. The fourth-order valence-corrected chi connectivity index (χ4v) is 3.12. The van der Waals surface area contributed by atoms with Crippen LogP contribution >= 0.6 is 15.9 Å². The van der Waals surface area contributed by atoms with Crippen LogP contribution < -0.4 is 5.32 Å². The number of piperazine rings is 1. The maximum absolute atomic E-state index is 12.0. The number of hydrogen-bond acceptors (Lipinski definition) is 3. The number of aliphatic hydroxyl groups is 1. The van der Waals surface area contributed by atoms with E-state index in [2.05, 4.69) is 26.1 Å². The molecule has 110 valence electrons. The van der Waals surface area contributed by atoms with Gasteiger partial charge in [-0.2, -0.15) is 0 Å². The van der Waals surface area contributed by atoms with Gasteiger partial charge in [0.15, 0.2) is 0 Å². The van der Waals surface area contributed by atoms with Gasteiger partial charge in [0.25, 0.3) is 0 Å². The van der Waals surface area contributed by atoms with Crippen LogP contribution in [-0.4, -0.2) is 41.6 Å². The number of nitrogens with one attached hydrogen (secondary N) is 1. The van der Waals surface area contributed by atoms with Crippen LogP contribution in [0.5, 0.6) is 0 Å². The summed E-state index contributed by atoms with van der Waals surface area (Å²) in [4.78, 5) is 14.1. The van der Waals surface area contributed by atoms with Crippen LogP contribution in [0.25, 0.3) is 0 Å². The molecular formula is C15H21BrN2O2. The number of carbonyl (C=O) groups excluding carboxylic acids is 1. The highest BCUT2D eigenvalue weighted by Gasteiger charge is 2.33. The molecule has 4 nitrogen and oxygen atoms in total. The van der Waals surface area contributed by atoms with Crippen LogP contribution in [-0.2, 0) is 4.79 Å². The Bertz CT molecular complexity index is 479. The molecule has 2 unspecified atom stereocenters. The number of hydrogen-bond donors (Lipinski definition) is 2. The van der Waals surface area contributed by atoms with Gasteiger partial charge in [0, 0.05) is 24.1 Å². The standard InChI is InChI=1S/C15H21BrN2O2/c1-10(2)14-15(20)17-6-7-18(14)9-13(19)11-4-3-5-12(16)8-11/h3-5,8,10,13-14,19H,6-7,9H2,1-2H3,(H,17,20). The average Bonchev–Trinajstić information content (AvgIpc) is 2.38. The fourth-order valence-electron chi connectivity index (χ4n) is 2.70. The minimum absolute atomic E-state index is 0.0627. The van der Waals surface area contributed by atoms with E-state index < -0.39 is 6.10 Å². The molecule has 1 aliphatic rings. The van der Waals surface area contributed by atoms with Gasteiger partial charge in [-0.15, -0.1) is 0 Å². The van der Waals surface area contributed by atoms with Crippen molar-refractivity contribution in [2.24, 2.45) is 5.92 Å². The van der Waals surface area contributed by atoms with E-state index in [1.54, 1.807) is 0 Å². The average molecular weight is 341 g/mol. The molecule has 0 spiro atoms. The van der Waals surface area contributed by atoms with E-state index in [-0.39, 0.29) is 17.9 Å². The summed E-state index contributed by atoms with van der Waals surface area (Å²) in [6, 6.07) is 7.50. The lowest BCUT2D eigenvalue weighted by Crippen LogP contribution is -2.58. The molecule has 0 saturated carbocycles. The second-order valence-corrected chi connectivity index (χ2v) is 6.46. The predicted octanol–water partition coefficient (Wildman–Crippen LogP) is 1.94.